The predicted octanol–water partition coefficient (Wildman–Crippen LogP) is 0.464. The van der Waals surface area contributed by atoms with E-state index in [4.69, 9.17) is 5.11 Å². The van der Waals surface area contributed by atoms with E-state index in [1.807, 2.05) is 0 Å². The van der Waals surface area contributed by atoms with Crippen molar-refractivity contribution in [1.29, 1.82) is 0 Å². The molecule has 98 valence electrons. The van der Waals surface area contributed by atoms with Crippen molar-refractivity contribution in [2.75, 3.05) is 0 Å². The van der Waals surface area contributed by atoms with Gasteiger partial charge in [-0.15, -0.1) is 0 Å². The summed E-state index contributed by atoms with van der Waals surface area (Å²) in [5, 5.41) is 36.9. The first-order valence-electron chi connectivity index (χ1n) is 5.33. The minimum atomic E-state index is -1.99. The fraction of sp³-hybridized carbons (Fsp3) is 0.333. The van der Waals surface area contributed by atoms with E-state index in [1.54, 1.807) is 6.92 Å². The van der Waals surface area contributed by atoms with E-state index >= 15 is 0 Å². The lowest BCUT2D eigenvalue weighted by Gasteiger charge is -2.15. The number of aliphatic hydroxyl groups is 2. The van der Waals surface area contributed by atoms with Crippen molar-refractivity contribution in [3.63, 3.8) is 0 Å². The molecule has 0 aromatic heterocycles. The standard InChI is InChI=1S/C12H14O6/c1-2-8(13)7-5-6(3-4-9(7)14)10(15)11(16)12(17)18/h3-5,10-11,14-16H,2H2,1H3,(H,17,18). The van der Waals surface area contributed by atoms with Crippen molar-refractivity contribution >= 4 is 11.8 Å². The predicted molar refractivity (Wildman–Crippen MR) is 61.3 cm³/mol. The van der Waals surface area contributed by atoms with Crippen molar-refractivity contribution in [3.05, 3.63) is 29.3 Å². The quantitative estimate of drug-likeness (QED) is 0.567. The minimum absolute atomic E-state index is 0.00774. The molecule has 4 N–H and O–H groups in total. The smallest absolute Gasteiger partial charge is 0.335 e. The monoisotopic (exact) mass is 254 g/mol. The average molecular weight is 254 g/mol. The van der Waals surface area contributed by atoms with Crippen molar-refractivity contribution in [1.82, 2.24) is 0 Å². The molecule has 18 heavy (non-hydrogen) atoms. The summed E-state index contributed by atoms with van der Waals surface area (Å²) in [6, 6.07) is 3.60. The van der Waals surface area contributed by atoms with Crippen LogP contribution in [0.5, 0.6) is 5.75 Å². The molecule has 6 heteroatoms. The maximum Gasteiger partial charge on any atom is 0.335 e. The summed E-state index contributed by atoms with van der Waals surface area (Å²) in [5.74, 6) is -2.16. The van der Waals surface area contributed by atoms with Crippen LogP contribution in [0.25, 0.3) is 0 Å². The van der Waals surface area contributed by atoms with Crippen LogP contribution >= 0.6 is 0 Å². The summed E-state index contributed by atoms with van der Waals surface area (Å²) in [6.45, 7) is 1.61. The van der Waals surface area contributed by atoms with E-state index in [9.17, 15) is 24.9 Å². The first kappa shape index (κ1) is 14.1. The molecule has 0 spiro atoms. The summed E-state index contributed by atoms with van der Waals surface area (Å²) in [5.41, 5.74) is 0.0474. The van der Waals surface area contributed by atoms with Gasteiger partial charge in [-0.1, -0.05) is 13.0 Å². The lowest BCUT2D eigenvalue weighted by molar-refractivity contribution is -0.153. The molecule has 2 atom stereocenters. The molecule has 0 aliphatic carbocycles. The van der Waals surface area contributed by atoms with E-state index in [-0.39, 0.29) is 29.1 Å². The van der Waals surface area contributed by atoms with Gasteiger partial charge in [0.2, 0.25) is 0 Å². The Labute approximate surface area is 103 Å². The second-order valence-corrected chi connectivity index (χ2v) is 3.78. The Morgan fingerprint density at radius 3 is 2.39 bits per heavy atom. The lowest BCUT2D eigenvalue weighted by Crippen LogP contribution is -2.27. The molecule has 0 bridgehead atoms. The summed E-state index contributed by atoms with van der Waals surface area (Å²) < 4.78 is 0. The van der Waals surface area contributed by atoms with Gasteiger partial charge in [0, 0.05) is 6.42 Å². The SMILES string of the molecule is CCC(=O)c1cc(C(O)C(O)C(=O)O)ccc1O. The summed E-state index contributed by atoms with van der Waals surface area (Å²) >= 11 is 0. The van der Waals surface area contributed by atoms with E-state index in [0.29, 0.717) is 0 Å². The average Bonchev–Trinajstić information content (AvgIpc) is 2.36. The van der Waals surface area contributed by atoms with Crippen LogP contribution in [0, 0.1) is 0 Å². The number of carboxylic acids is 1. The number of aromatic hydroxyl groups is 1. The highest BCUT2D eigenvalue weighted by atomic mass is 16.4. The van der Waals surface area contributed by atoms with Gasteiger partial charge in [0.15, 0.2) is 11.9 Å². The number of carboxylic acid groups (broad SMARTS) is 1. The molecule has 0 radical (unpaired) electrons. The normalized spacial score (nSPS) is 13.9. The molecule has 1 aromatic carbocycles. The van der Waals surface area contributed by atoms with Gasteiger partial charge in [0.25, 0.3) is 0 Å². The lowest BCUT2D eigenvalue weighted by atomic mass is 9.99. The van der Waals surface area contributed by atoms with Crippen LogP contribution in [0.4, 0.5) is 0 Å². The maximum atomic E-state index is 11.5. The van der Waals surface area contributed by atoms with E-state index in [2.05, 4.69) is 0 Å². The number of phenolic OH excluding ortho intramolecular Hbond substituents is 1. The van der Waals surface area contributed by atoms with Crippen LogP contribution in [0.1, 0.15) is 35.4 Å². The molecule has 0 aliphatic heterocycles. The number of rotatable bonds is 5. The molecule has 6 nitrogen and oxygen atoms in total. The molecule has 1 rings (SSSR count). The molecule has 0 aliphatic rings. The molecule has 0 fully saturated rings. The molecular weight excluding hydrogens is 240 g/mol. The Bertz CT molecular complexity index is 468. The number of hydrogen-bond acceptors (Lipinski definition) is 5. The second-order valence-electron chi connectivity index (χ2n) is 3.78. The number of Topliss-reactive ketones (excluding diaryl/α,β-unsaturated/α-hetero) is 1. The van der Waals surface area contributed by atoms with Gasteiger partial charge in [-0.3, -0.25) is 4.79 Å². The largest absolute Gasteiger partial charge is 0.507 e. The van der Waals surface area contributed by atoms with Gasteiger partial charge < -0.3 is 20.4 Å². The first-order chi connectivity index (χ1) is 8.38. The van der Waals surface area contributed by atoms with Gasteiger partial charge in [-0.25, -0.2) is 4.79 Å². The third-order valence-electron chi connectivity index (χ3n) is 2.54. The molecular formula is C12H14O6. The molecule has 1 aromatic rings. The Kier molecular flexibility index (Phi) is 4.41. The van der Waals surface area contributed by atoms with Gasteiger partial charge in [-0.05, 0) is 17.7 Å². The zero-order valence-electron chi connectivity index (χ0n) is 9.70. The third-order valence-corrected chi connectivity index (χ3v) is 2.54. The van der Waals surface area contributed by atoms with Crippen LogP contribution < -0.4 is 0 Å². The highest BCUT2D eigenvalue weighted by Gasteiger charge is 2.26. The molecule has 0 heterocycles. The van der Waals surface area contributed by atoms with Crippen molar-refractivity contribution in [3.8, 4) is 5.75 Å². The van der Waals surface area contributed by atoms with Crippen LogP contribution in [0.15, 0.2) is 18.2 Å². The van der Waals surface area contributed by atoms with Crippen molar-refractivity contribution in [2.45, 2.75) is 25.6 Å². The number of carbonyl (C=O) groups excluding carboxylic acids is 1. The number of phenols is 1. The van der Waals surface area contributed by atoms with Gasteiger partial charge in [-0.2, -0.15) is 0 Å². The van der Waals surface area contributed by atoms with E-state index in [1.165, 1.54) is 18.2 Å². The number of carbonyl (C=O) groups is 2. The van der Waals surface area contributed by atoms with Gasteiger partial charge in [0.1, 0.15) is 11.9 Å². The second kappa shape index (κ2) is 5.61. The Morgan fingerprint density at radius 2 is 1.89 bits per heavy atom. The summed E-state index contributed by atoms with van der Waals surface area (Å²) in [6.07, 6.45) is -3.49. The Morgan fingerprint density at radius 1 is 1.28 bits per heavy atom. The van der Waals surface area contributed by atoms with Crippen LogP contribution in [-0.2, 0) is 4.79 Å². The number of ketones is 1. The topological polar surface area (TPSA) is 115 Å². The third kappa shape index (κ3) is 2.85. The number of aliphatic hydroxyl groups excluding tert-OH is 2. The summed E-state index contributed by atoms with van der Waals surface area (Å²) in [7, 11) is 0. The molecule has 2 unspecified atom stereocenters. The Balaban J connectivity index is 3.12. The zero-order chi connectivity index (χ0) is 13.9. The first-order valence-corrected chi connectivity index (χ1v) is 5.33. The number of aliphatic carboxylic acids is 1. The van der Waals surface area contributed by atoms with Gasteiger partial charge in [0.05, 0.1) is 5.56 Å². The van der Waals surface area contributed by atoms with Gasteiger partial charge >= 0.3 is 5.97 Å². The molecule has 0 saturated carbocycles. The van der Waals surface area contributed by atoms with Crippen molar-refractivity contribution < 1.29 is 30.0 Å². The fourth-order valence-corrected chi connectivity index (χ4v) is 1.47. The molecule has 0 saturated heterocycles. The van der Waals surface area contributed by atoms with Crippen LogP contribution in [-0.4, -0.2) is 38.3 Å². The zero-order valence-corrected chi connectivity index (χ0v) is 9.70. The van der Waals surface area contributed by atoms with Crippen LogP contribution in [0.3, 0.4) is 0 Å². The highest BCUT2D eigenvalue weighted by Crippen LogP contribution is 2.25. The van der Waals surface area contributed by atoms with E-state index < -0.39 is 18.2 Å². The molecule has 0 amide bonds. The fourth-order valence-electron chi connectivity index (χ4n) is 1.47. The maximum absolute atomic E-state index is 11.5. The summed E-state index contributed by atoms with van der Waals surface area (Å²) in [4.78, 5) is 22.0. The number of benzene rings is 1. The van der Waals surface area contributed by atoms with E-state index in [0.717, 1.165) is 0 Å². The minimum Gasteiger partial charge on any atom is -0.507 e. The Hall–Kier alpha value is -1.92. The highest BCUT2D eigenvalue weighted by molar-refractivity contribution is 5.98. The number of hydrogen-bond donors (Lipinski definition) is 4. The van der Waals surface area contributed by atoms with Crippen molar-refractivity contribution in [2.24, 2.45) is 0 Å². The van der Waals surface area contributed by atoms with Crippen LogP contribution in [0.2, 0.25) is 0 Å².